The molecule has 1 N–H and O–H groups in total. The van der Waals surface area contributed by atoms with Crippen LogP contribution in [0, 0.1) is 5.92 Å². The Balaban J connectivity index is 1.63. The maximum Gasteiger partial charge on any atom is 0.263 e. The maximum atomic E-state index is 13.3. The highest BCUT2D eigenvalue weighted by molar-refractivity contribution is 9.10. The number of hydrogen-bond acceptors (Lipinski definition) is 4. The van der Waals surface area contributed by atoms with Crippen LogP contribution in [-0.2, 0) is 4.79 Å². The lowest BCUT2D eigenvalue weighted by molar-refractivity contribution is -0.129. The smallest absolute Gasteiger partial charge is 0.263 e. The molecule has 142 valence electrons. The standard InChI is InChI=1S/C21H23BrN2O2S/c1-14-7-5-6-10-17(14)24-20(25)18(13-16-11-12-19(22)26-16)27-21(24)23-15-8-3-2-4-9-15/h2-4,8-9,11-14,17,21,23H,5-7,10H2,1H3/b18-13-/t14-,17+,21?/m1/s1. The van der Waals surface area contributed by atoms with Gasteiger partial charge in [-0.15, -0.1) is 0 Å². The second-order valence-electron chi connectivity index (χ2n) is 7.17. The number of halogens is 1. The van der Waals surface area contributed by atoms with Gasteiger partial charge in [0.2, 0.25) is 0 Å². The van der Waals surface area contributed by atoms with Crippen molar-refractivity contribution in [1.82, 2.24) is 4.90 Å². The fourth-order valence-electron chi connectivity index (χ4n) is 3.90. The summed E-state index contributed by atoms with van der Waals surface area (Å²) in [5.74, 6) is 1.30. The van der Waals surface area contributed by atoms with Gasteiger partial charge in [-0.1, -0.05) is 49.7 Å². The molecule has 0 radical (unpaired) electrons. The monoisotopic (exact) mass is 446 g/mol. The summed E-state index contributed by atoms with van der Waals surface area (Å²) in [5.41, 5.74) is 0.924. The quantitative estimate of drug-likeness (QED) is 0.590. The van der Waals surface area contributed by atoms with E-state index in [-0.39, 0.29) is 17.4 Å². The fraction of sp³-hybridized carbons (Fsp3) is 0.381. The fourth-order valence-corrected chi connectivity index (χ4v) is 5.41. The van der Waals surface area contributed by atoms with Crippen LogP contribution >= 0.6 is 27.7 Å². The highest BCUT2D eigenvalue weighted by Crippen LogP contribution is 2.42. The molecule has 1 amide bonds. The van der Waals surface area contributed by atoms with Crippen LogP contribution in [0.4, 0.5) is 5.69 Å². The second-order valence-corrected chi connectivity index (χ2v) is 9.08. The van der Waals surface area contributed by atoms with Crippen molar-refractivity contribution in [2.45, 2.75) is 44.1 Å². The predicted molar refractivity (Wildman–Crippen MR) is 114 cm³/mol. The Kier molecular flexibility index (Phi) is 5.64. The Morgan fingerprint density at radius 2 is 1.96 bits per heavy atom. The van der Waals surface area contributed by atoms with E-state index in [0.717, 1.165) is 17.0 Å². The zero-order valence-corrected chi connectivity index (χ0v) is 17.6. The largest absolute Gasteiger partial charge is 0.450 e. The molecule has 1 aromatic heterocycles. The van der Waals surface area contributed by atoms with Crippen molar-refractivity contribution >= 4 is 45.4 Å². The number of nitrogens with one attached hydrogen (secondary N) is 1. The minimum atomic E-state index is -0.102. The molecule has 0 spiro atoms. The van der Waals surface area contributed by atoms with Gasteiger partial charge in [0.15, 0.2) is 10.2 Å². The molecule has 2 fully saturated rings. The molecule has 6 heteroatoms. The summed E-state index contributed by atoms with van der Waals surface area (Å²) in [5, 5.41) is 3.55. The third-order valence-corrected chi connectivity index (χ3v) is 6.83. The molecule has 2 aliphatic rings. The van der Waals surface area contributed by atoms with Crippen molar-refractivity contribution in [2.24, 2.45) is 5.92 Å². The number of amides is 1. The zero-order chi connectivity index (χ0) is 18.8. The van der Waals surface area contributed by atoms with Crippen LogP contribution in [0.3, 0.4) is 0 Å². The number of nitrogens with zero attached hydrogens (tertiary/aromatic N) is 1. The molecule has 3 atom stereocenters. The van der Waals surface area contributed by atoms with Gasteiger partial charge in [0.25, 0.3) is 5.91 Å². The van der Waals surface area contributed by atoms with Crippen LogP contribution < -0.4 is 5.32 Å². The number of rotatable bonds is 4. The van der Waals surface area contributed by atoms with E-state index >= 15 is 0 Å². The number of thioether (sulfide) groups is 1. The molecule has 1 aliphatic heterocycles. The van der Waals surface area contributed by atoms with Crippen molar-refractivity contribution in [3.63, 3.8) is 0 Å². The lowest BCUT2D eigenvalue weighted by atomic mass is 9.85. The summed E-state index contributed by atoms with van der Waals surface area (Å²) < 4.78 is 6.25. The van der Waals surface area contributed by atoms with Gasteiger partial charge in [-0.3, -0.25) is 4.79 Å². The zero-order valence-electron chi connectivity index (χ0n) is 15.2. The van der Waals surface area contributed by atoms with Gasteiger partial charge in [0, 0.05) is 17.8 Å². The van der Waals surface area contributed by atoms with Gasteiger partial charge >= 0.3 is 0 Å². The average molecular weight is 447 g/mol. The summed E-state index contributed by atoms with van der Waals surface area (Å²) >= 11 is 4.90. The summed E-state index contributed by atoms with van der Waals surface area (Å²) in [6.45, 7) is 2.27. The molecule has 2 heterocycles. The normalized spacial score (nSPS) is 27.3. The van der Waals surface area contributed by atoms with Crippen LogP contribution in [-0.4, -0.2) is 22.3 Å². The summed E-state index contributed by atoms with van der Waals surface area (Å²) in [6, 6.07) is 14.1. The number of furan rings is 1. The SMILES string of the molecule is C[C@@H]1CCCC[C@@H]1N1C(=O)/C(=C/c2ccc(Br)o2)SC1Nc1ccccc1. The Morgan fingerprint density at radius 3 is 2.67 bits per heavy atom. The van der Waals surface area contributed by atoms with Crippen LogP contribution in [0.2, 0.25) is 0 Å². The first-order valence-corrected chi connectivity index (χ1v) is 11.1. The molecule has 1 aliphatic carbocycles. The van der Waals surface area contributed by atoms with E-state index in [9.17, 15) is 4.79 Å². The number of hydrogen-bond donors (Lipinski definition) is 1. The van der Waals surface area contributed by atoms with E-state index in [0.29, 0.717) is 16.3 Å². The lowest BCUT2D eigenvalue weighted by Gasteiger charge is -2.39. The molecule has 0 bridgehead atoms. The van der Waals surface area contributed by atoms with Crippen molar-refractivity contribution < 1.29 is 9.21 Å². The lowest BCUT2D eigenvalue weighted by Crippen LogP contribution is -2.48. The molecule has 4 nitrogen and oxygen atoms in total. The highest BCUT2D eigenvalue weighted by Gasteiger charge is 2.43. The van der Waals surface area contributed by atoms with Crippen molar-refractivity contribution in [3.8, 4) is 0 Å². The van der Waals surface area contributed by atoms with E-state index in [1.165, 1.54) is 19.3 Å². The summed E-state index contributed by atoms with van der Waals surface area (Å²) in [6.07, 6.45) is 6.55. The topological polar surface area (TPSA) is 45.5 Å². The van der Waals surface area contributed by atoms with Crippen LogP contribution in [0.1, 0.15) is 38.4 Å². The second kappa shape index (κ2) is 8.15. The van der Waals surface area contributed by atoms with Crippen molar-refractivity contribution in [2.75, 3.05) is 5.32 Å². The molecule has 1 unspecified atom stereocenters. The van der Waals surface area contributed by atoms with E-state index in [1.54, 1.807) is 11.8 Å². The molecular weight excluding hydrogens is 424 g/mol. The first kappa shape index (κ1) is 18.7. The first-order chi connectivity index (χ1) is 13.1. The Morgan fingerprint density at radius 1 is 1.19 bits per heavy atom. The van der Waals surface area contributed by atoms with Gasteiger partial charge in [0.05, 0.1) is 4.91 Å². The summed E-state index contributed by atoms with van der Waals surface area (Å²) in [7, 11) is 0. The van der Waals surface area contributed by atoms with Crippen molar-refractivity contribution in [1.29, 1.82) is 0 Å². The molecular formula is C21H23BrN2O2S. The number of carbonyl (C=O) groups is 1. The van der Waals surface area contributed by atoms with Crippen LogP contribution in [0.15, 0.2) is 56.5 Å². The average Bonchev–Trinajstić information content (AvgIpc) is 3.20. The van der Waals surface area contributed by atoms with Crippen LogP contribution in [0.25, 0.3) is 6.08 Å². The molecule has 2 aromatic rings. The number of carbonyl (C=O) groups excluding carboxylic acids is 1. The van der Waals surface area contributed by atoms with Gasteiger partial charge in [-0.25, -0.2) is 0 Å². The minimum Gasteiger partial charge on any atom is -0.450 e. The van der Waals surface area contributed by atoms with E-state index in [4.69, 9.17) is 4.42 Å². The molecule has 1 aromatic carbocycles. The van der Waals surface area contributed by atoms with Crippen molar-refractivity contribution in [3.05, 3.63) is 57.8 Å². The Labute approximate surface area is 172 Å². The summed E-state index contributed by atoms with van der Waals surface area (Å²) in [4.78, 5) is 16.1. The van der Waals surface area contributed by atoms with Gasteiger partial charge in [-0.05, 0) is 59.0 Å². The van der Waals surface area contributed by atoms with Gasteiger partial charge in [0.1, 0.15) is 5.76 Å². The van der Waals surface area contributed by atoms with E-state index in [2.05, 4.69) is 33.1 Å². The Bertz CT molecular complexity index is 836. The third kappa shape index (κ3) is 4.11. The molecule has 4 rings (SSSR count). The van der Waals surface area contributed by atoms with E-state index < -0.39 is 0 Å². The number of anilines is 1. The highest BCUT2D eigenvalue weighted by atomic mass is 79.9. The first-order valence-electron chi connectivity index (χ1n) is 9.40. The van der Waals surface area contributed by atoms with Gasteiger partial charge < -0.3 is 14.6 Å². The third-order valence-electron chi connectivity index (χ3n) is 5.29. The van der Waals surface area contributed by atoms with E-state index in [1.807, 2.05) is 48.5 Å². The Hall–Kier alpha value is -1.66. The predicted octanol–water partition coefficient (Wildman–Crippen LogP) is 5.93. The molecule has 1 saturated heterocycles. The van der Waals surface area contributed by atoms with Gasteiger partial charge in [-0.2, -0.15) is 0 Å². The minimum absolute atomic E-state index is 0.0969. The molecule has 1 saturated carbocycles. The molecule has 27 heavy (non-hydrogen) atoms. The number of benzene rings is 1. The van der Waals surface area contributed by atoms with Crippen LogP contribution in [0.5, 0.6) is 0 Å². The maximum absolute atomic E-state index is 13.3. The number of para-hydroxylation sites is 1.